The lowest BCUT2D eigenvalue weighted by Gasteiger charge is -2.20. The highest BCUT2D eigenvalue weighted by molar-refractivity contribution is 5.98. The topological polar surface area (TPSA) is 80.7 Å². The number of amides is 1. The molecule has 1 atom stereocenters. The van der Waals surface area contributed by atoms with Crippen LogP contribution >= 0.6 is 0 Å². The monoisotopic (exact) mass is 332 g/mol. The van der Waals surface area contributed by atoms with Gasteiger partial charge in [0.25, 0.3) is 5.91 Å². The van der Waals surface area contributed by atoms with Crippen molar-refractivity contribution in [3.05, 3.63) is 29.5 Å². The number of pyridine rings is 1. The number of aromatic nitrogens is 1. The van der Waals surface area contributed by atoms with Crippen LogP contribution < -0.4 is 14.8 Å². The summed E-state index contributed by atoms with van der Waals surface area (Å²) in [7, 11) is 3.15. The number of carbonyl (C=O) groups excluding carboxylic acids is 1. The highest BCUT2D eigenvalue weighted by atomic mass is 16.5. The van der Waals surface area contributed by atoms with Crippen molar-refractivity contribution >= 4 is 16.8 Å². The van der Waals surface area contributed by atoms with Gasteiger partial charge in [0.15, 0.2) is 0 Å². The van der Waals surface area contributed by atoms with Gasteiger partial charge in [-0.1, -0.05) is 13.8 Å². The number of nitrogens with zero attached hydrogens (tertiary/aromatic N) is 1. The van der Waals surface area contributed by atoms with Gasteiger partial charge < -0.3 is 19.9 Å². The van der Waals surface area contributed by atoms with Crippen LogP contribution in [0.15, 0.2) is 18.2 Å². The van der Waals surface area contributed by atoms with E-state index in [4.69, 9.17) is 9.47 Å². The van der Waals surface area contributed by atoms with Crippen molar-refractivity contribution < 1.29 is 19.4 Å². The maximum Gasteiger partial charge on any atom is 0.270 e. The molecule has 0 fully saturated rings. The number of nitrogens with one attached hydrogen (secondary N) is 1. The van der Waals surface area contributed by atoms with Crippen LogP contribution in [0.25, 0.3) is 10.9 Å². The Morgan fingerprint density at radius 2 is 1.92 bits per heavy atom. The van der Waals surface area contributed by atoms with Crippen LogP contribution in [0.5, 0.6) is 11.5 Å². The van der Waals surface area contributed by atoms with Crippen LogP contribution in [-0.2, 0) is 0 Å². The first-order valence-corrected chi connectivity index (χ1v) is 7.87. The van der Waals surface area contributed by atoms with Crippen LogP contribution in [0, 0.1) is 12.8 Å². The molecule has 0 saturated carbocycles. The number of carbonyl (C=O) groups is 1. The second kappa shape index (κ2) is 7.49. The molecule has 0 saturated heterocycles. The summed E-state index contributed by atoms with van der Waals surface area (Å²) in [6, 6.07) is 4.99. The van der Waals surface area contributed by atoms with Crippen LogP contribution in [0.3, 0.4) is 0 Å². The Morgan fingerprint density at radius 1 is 1.25 bits per heavy atom. The van der Waals surface area contributed by atoms with Gasteiger partial charge in [0, 0.05) is 17.0 Å². The predicted molar refractivity (Wildman–Crippen MR) is 92.8 cm³/mol. The average molecular weight is 332 g/mol. The third kappa shape index (κ3) is 3.43. The summed E-state index contributed by atoms with van der Waals surface area (Å²) in [5.41, 5.74) is 1.74. The van der Waals surface area contributed by atoms with E-state index in [1.807, 2.05) is 32.9 Å². The first kappa shape index (κ1) is 18.0. The second-order valence-corrected chi connectivity index (χ2v) is 6.01. The van der Waals surface area contributed by atoms with Crippen molar-refractivity contribution in [1.29, 1.82) is 0 Å². The van der Waals surface area contributed by atoms with Gasteiger partial charge in [-0.3, -0.25) is 4.79 Å². The third-order valence-electron chi connectivity index (χ3n) is 4.14. The molecule has 0 aliphatic heterocycles. The Labute approximate surface area is 141 Å². The van der Waals surface area contributed by atoms with E-state index in [9.17, 15) is 9.90 Å². The summed E-state index contributed by atoms with van der Waals surface area (Å²) < 4.78 is 10.7. The molecule has 130 valence electrons. The largest absolute Gasteiger partial charge is 0.496 e. The zero-order valence-electron chi connectivity index (χ0n) is 14.7. The SMILES string of the molecule is COc1ccc2c(OC)cc(C(=O)N[C@H](CO)C(C)C)nc2c1C. The minimum absolute atomic E-state index is 0.114. The molecule has 0 aliphatic carbocycles. The number of ether oxygens (including phenoxy) is 2. The maximum atomic E-state index is 12.5. The van der Waals surface area contributed by atoms with Gasteiger partial charge in [0.1, 0.15) is 17.2 Å². The fourth-order valence-electron chi connectivity index (χ4n) is 2.55. The van der Waals surface area contributed by atoms with Crippen molar-refractivity contribution in [1.82, 2.24) is 10.3 Å². The van der Waals surface area contributed by atoms with Gasteiger partial charge in [0.05, 0.1) is 32.4 Å². The number of methoxy groups -OCH3 is 2. The van der Waals surface area contributed by atoms with E-state index in [2.05, 4.69) is 10.3 Å². The molecule has 1 aromatic carbocycles. The van der Waals surface area contributed by atoms with Gasteiger partial charge in [-0.2, -0.15) is 0 Å². The fraction of sp³-hybridized carbons (Fsp3) is 0.444. The van der Waals surface area contributed by atoms with E-state index in [1.54, 1.807) is 20.3 Å². The minimum atomic E-state index is -0.342. The summed E-state index contributed by atoms with van der Waals surface area (Å²) in [5.74, 6) is 1.04. The fourth-order valence-corrected chi connectivity index (χ4v) is 2.55. The molecule has 0 bridgehead atoms. The molecule has 2 rings (SSSR count). The molecule has 0 unspecified atom stereocenters. The van der Waals surface area contributed by atoms with Gasteiger partial charge in [-0.25, -0.2) is 4.98 Å². The summed E-state index contributed by atoms with van der Waals surface area (Å²) in [6.45, 7) is 5.63. The predicted octanol–water partition coefficient (Wildman–Crippen LogP) is 2.31. The molecule has 0 spiro atoms. The van der Waals surface area contributed by atoms with Crippen molar-refractivity contribution in [2.24, 2.45) is 5.92 Å². The van der Waals surface area contributed by atoms with Crippen molar-refractivity contribution in [2.45, 2.75) is 26.8 Å². The van der Waals surface area contributed by atoms with Gasteiger partial charge in [0.2, 0.25) is 0 Å². The number of hydrogen-bond donors (Lipinski definition) is 2. The van der Waals surface area contributed by atoms with Crippen molar-refractivity contribution in [2.75, 3.05) is 20.8 Å². The summed E-state index contributed by atoms with van der Waals surface area (Å²) in [6.07, 6.45) is 0. The lowest BCUT2D eigenvalue weighted by molar-refractivity contribution is 0.0892. The number of aliphatic hydroxyl groups is 1. The van der Waals surface area contributed by atoms with Crippen molar-refractivity contribution in [3.63, 3.8) is 0 Å². The summed E-state index contributed by atoms with van der Waals surface area (Å²) in [5, 5.41) is 13.0. The quantitative estimate of drug-likeness (QED) is 0.848. The van der Waals surface area contributed by atoms with Crippen LogP contribution in [0.1, 0.15) is 29.9 Å². The number of aryl methyl sites for hydroxylation is 1. The van der Waals surface area contributed by atoms with E-state index in [-0.39, 0.29) is 30.2 Å². The smallest absolute Gasteiger partial charge is 0.270 e. The molecule has 1 aromatic heterocycles. The molecule has 1 heterocycles. The second-order valence-electron chi connectivity index (χ2n) is 6.01. The van der Waals surface area contributed by atoms with E-state index in [0.717, 1.165) is 10.9 Å². The molecule has 1 amide bonds. The number of hydrogen-bond acceptors (Lipinski definition) is 5. The number of benzene rings is 1. The average Bonchev–Trinajstić information content (AvgIpc) is 2.58. The van der Waals surface area contributed by atoms with Gasteiger partial charge >= 0.3 is 0 Å². The molecule has 2 N–H and O–H groups in total. The summed E-state index contributed by atoms with van der Waals surface area (Å²) in [4.78, 5) is 17.0. The Kier molecular flexibility index (Phi) is 5.62. The Bertz CT molecular complexity index is 743. The highest BCUT2D eigenvalue weighted by Gasteiger charge is 2.20. The zero-order chi connectivity index (χ0) is 17.9. The minimum Gasteiger partial charge on any atom is -0.496 e. The molecular formula is C18H24N2O4. The Hall–Kier alpha value is -2.34. The first-order valence-electron chi connectivity index (χ1n) is 7.87. The third-order valence-corrected chi connectivity index (χ3v) is 4.14. The number of fused-ring (bicyclic) bond motifs is 1. The standard InChI is InChI=1S/C18H24N2O4/c1-10(2)14(9-21)20-18(22)13-8-16(24-5)12-6-7-15(23-4)11(3)17(12)19-13/h6-8,10,14,21H,9H2,1-5H3,(H,20,22)/t14-/m1/s1. The molecule has 6 nitrogen and oxygen atoms in total. The van der Waals surface area contributed by atoms with Gasteiger partial charge in [-0.15, -0.1) is 0 Å². The molecular weight excluding hydrogens is 308 g/mol. The Morgan fingerprint density at radius 3 is 2.46 bits per heavy atom. The number of aliphatic hydroxyl groups excluding tert-OH is 1. The van der Waals surface area contributed by atoms with E-state index >= 15 is 0 Å². The lowest BCUT2D eigenvalue weighted by Crippen LogP contribution is -2.41. The van der Waals surface area contributed by atoms with Gasteiger partial charge in [-0.05, 0) is 25.0 Å². The number of rotatable bonds is 6. The molecule has 2 aromatic rings. The van der Waals surface area contributed by atoms with Crippen LogP contribution in [-0.4, -0.2) is 42.9 Å². The van der Waals surface area contributed by atoms with E-state index < -0.39 is 0 Å². The first-order chi connectivity index (χ1) is 11.4. The summed E-state index contributed by atoms with van der Waals surface area (Å²) >= 11 is 0. The zero-order valence-corrected chi connectivity index (χ0v) is 14.7. The van der Waals surface area contributed by atoms with E-state index in [1.165, 1.54) is 0 Å². The maximum absolute atomic E-state index is 12.5. The van der Waals surface area contributed by atoms with Crippen LogP contribution in [0.2, 0.25) is 0 Å². The molecule has 24 heavy (non-hydrogen) atoms. The van der Waals surface area contributed by atoms with Crippen LogP contribution in [0.4, 0.5) is 0 Å². The lowest BCUT2D eigenvalue weighted by atomic mass is 10.0. The normalized spacial score (nSPS) is 12.3. The molecule has 0 radical (unpaired) electrons. The molecule has 6 heteroatoms. The Balaban J connectivity index is 2.51. The van der Waals surface area contributed by atoms with E-state index in [0.29, 0.717) is 17.0 Å². The van der Waals surface area contributed by atoms with Crippen molar-refractivity contribution in [3.8, 4) is 11.5 Å². The molecule has 0 aliphatic rings. The highest BCUT2D eigenvalue weighted by Crippen LogP contribution is 2.32.